The number of halogens is 2. The smallest absolute Gasteiger partial charge is 0.269 e. The van der Waals surface area contributed by atoms with E-state index in [1.165, 1.54) is 37.6 Å². The van der Waals surface area contributed by atoms with Crippen molar-refractivity contribution in [2.75, 3.05) is 7.11 Å². The Morgan fingerprint density at radius 1 is 1.12 bits per heavy atom. The van der Waals surface area contributed by atoms with Crippen molar-refractivity contribution in [3.63, 3.8) is 0 Å². The monoisotopic (exact) mass is 351 g/mol. The Bertz CT molecular complexity index is 985. The lowest BCUT2D eigenvalue weighted by atomic mass is 10.2. The summed E-state index contributed by atoms with van der Waals surface area (Å²) >= 11 is 0. The van der Waals surface area contributed by atoms with E-state index in [0.717, 1.165) is 18.5 Å². The first kappa shape index (κ1) is 16.1. The minimum Gasteiger partial charge on any atom is -0.481 e. The number of pyridine rings is 2. The van der Waals surface area contributed by atoms with E-state index < -0.39 is 27.5 Å². The van der Waals surface area contributed by atoms with Crippen molar-refractivity contribution >= 4 is 10.0 Å². The summed E-state index contributed by atoms with van der Waals surface area (Å²) in [5.74, 6) is -1.63. The molecule has 0 aliphatic carbocycles. The zero-order chi connectivity index (χ0) is 17.3. The molecule has 124 valence electrons. The molecule has 3 aromatic rings. The number of hydrogen-bond donors (Lipinski definition) is 0. The van der Waals surface area contributed by atoms with Crippen LogP contribution in [0, 0.1) is 11.8 Å². The highest BCUT2D eigenvalue weighted by Gasteiger charge is 2.25. The van der Waals surface area contributed by atoms with Gasteiger partial charge in [0.25, 0.3) is 10.0 Å². The second kappa shape index (κ2) is 6.00. The van der Waals surface area contributed by atoms with E-state index in [-0.39, 0.29) is 16.3 Å². The van der Waals surface area contributed by atoms with Crippen molar-refractivity contribution in [2.24, 2.45) is 0 Å². The molecule has 0 fully saturated rings. The van der Waals surface area contributed by atoms with Crippen LogP contribution in [0.15, 0.2) is 53.8 Å². The summed E-state index contributed by atoms with van der Waals surface area (Å²) in [5.41, 5.74) is -0.693. The Kier molecular flexibility index (Phi) is 4.02. The zero-order valence-corrected chi connectivity index (χ0v) is 13.2. The maximum absolute atomic E-state index is 14.1. The molecule has 0 radical (unpaired) electrons. The van der Waals surface area contributed by atoms with Crippen molar-refractivity contribution in [1.82, 2.24) is 13.9 Å². The highest BCUT2D eigenvalue weighted by atomic mass is 32.2. The molecule has 0 saturated carbocycles. The number of aromatic nitrogens is 3. The summed E-state index contributed by atoms with van der Waals surface area (Å²) < 4.78 is 59.0. The van der Waals surface area contributed by atoms with Gasteiger partial charge >= 0.3 is 0 Å². The maximum atomic E-state index is 14.1. The second-order valence-corrected chi connectivity index (χ2v) is 6.51. The fraction of sp³-hybridized carbons (Fsp3) is 0.0667. The molecule has 0 atom stereocenters. The van der Waals surface area contributed by atoms with Gasteiger partial charge in [-0.15, -0.1) is 0 Å². The van der Waals surface area contributed by atoms with Gasteiger partial charge in [-0.3, -0.25) is 0 Å². The molecule has 0 N–H and O–H groups in total. The van der Waals surface area contributed by atoms with Gasteiger partial charge in [0, 0.05) is 18.5 Å². The lowest BCUT2D eigenvalue weighted by Crippen LogP contribution is -2.14. The van der Waals surface area contributed by atoms with Crippen LogP contribution in [-0.4, -0.2) is 29.5 Å². The lowest BCUT2D eigenvalue weighted by Gasteiger charge is -2.11. The minimum atomic E-state index is -4.17. The first-order valence-electron chi connectivity index (χ1n) is 6.68. The summed E-state index contributed by atoms with van der Waals surface area (Å²) in [6.07, 6.45) is 3.28. The number of methoxy groups -OCH3 is 1. The van der Waals surface area contributed by atoms with Crippen LogP contribution in [-0.2, 0) is 10.0 Å². The van der Waals surface area contributed by atoms with E-state index in [9.17, 15) is 17.2 Å². The zero-order valence-electron chi connectivity index (χ0n) is 12.3. The van der Waals surface area contributed by atoms with Crippen molar-refractivity contribution in [3.8, 4) is 17.1 Å². The Hall–Kier alpha value is -2.81. The number of hydrogen-bond acceptors (Lipinski definition) is 5. The SMILES string of the molecule is COc1ccc(S(=O)(=O)n2ccc(F)c2-c2cccnc2F)cn1. The molecule has 0 unspecified atom stereocenters. The highest BCUT2D eigenvalue weighted by Crippen LogP contribution is 2.29. The van der Waals surface area contributed by atoms with Crippen LogP contribution in [0.25, 0.3) is 11.3 Å². The Labute approximate surface area is 136 Å². The van der Waals surface area contributed by atoms with Crippen LogP contribution in [0.4, 0.5) is 8.78 Å². The molecule has 6 nitrogen and oxygen atoms in total. The number of rotatable bonds is 4. The van der Waals surface area contributed by atoms with Crippen molar-refractivity contribution < 1.29 is 21.9 Å². The molecular formula is C15H11F2N3O3S. The van der Waals surface area contributed by atoms with Crippen LogP contribution >= 0.6 is 0 Å². The molecule has 3 heterocycles. The number of ether oxygens (including phenoxy) is 1. The van der Waals surface area contributed by atoms with Gasteiger partial charge in [-0.1, -0.05) is 0 Å². The van der Waals surface area contributed by atoms with Gasteiger partial charge in [0.2, 0.25) is 11.8 Å². The third-order valence-corrected chi connectivity index (χ3v) is 4.95. The van der Waals surface area contributed by atoms with E-state index in [0.29, 0.717) is 3.97 Å². The average Bonchev–Trinajstić information content (AvgIpc) is 2.97. The average molecular weight is 351 g/mol. The molecule has 0 spiro atoms. The van der Waals surface area contributed by atoms with E-state index in [1.807, 2.05) is 0 Å². The van der Waals surface area contributed by atoms with Gasteiger partial charge in [-0.2, -0.15) is 4.39 Å². The largest absolute Gasteiger partial charge is 0.481 e. The van der Waals surface area contributed by atoms with Gasteiger partial charge in [0.05, 0.1) is 18.9 Å². The molecule has 0 aliphatic rings. The first-order chi connectivity index (χ1) is 11.4. The topological polar surface area (TPSA) is 74.1 Å². The molecule has 0 saturated heterocycles. The Balaban J connectivity index is 2.18. The van der Waals surface area contributed by atoms with Crippen molar-refractivity contribution in [2.45, 2.75) is 4.90 Å². The highest BCUT2D eigenvalue weighted by molar-refractivity contribution is 7.90. The first-order valence-corrected chi connectivity index (χ1v) is 8.12. The second-order valence-electron chi connectivity index (χ2n) is 4.69. The third-order valence-electron chi connectivity index (χ3n) is 3.29. The van der Waals surface area contributed by atoms with E-state index >= 15 is 0 Å². The summed E-state index contributed by atoms with van der Waals surface area (Å²) in [6, 6.07) is 6.20. The molecular weight excluding hydrogens is 340 g/mol. The quantitative estimate of drug-likeness (QED) is 0.675. The molecule has 0 aromatic carbocycles. The fourth-order valence-electron chi connectivity index (χ4n) is 2.16. The Morgan fingerprint density at radius 3 is 2.54 bits per heavy atom. The van der Waals surface area contributed by atoms with Gasteiger partial charge in [-0.25, -0.2) is 26.7 Å². The van der Waals surface area contributed by atoms with Crippen LogP contribution < -0.4 is 4.74 Å². The van der Waals surface area contributed by atoms with Crippen molar-refractivity contribution in [3.05, 3.63) is 60.7 Å². The van der Waals surface area contributed by atoms with E-state index in [4.69, 9.17) is 4.74 Å². The van der Waals surface area contributed by atoms with E-state index in [2.05, 4.69) is 9.97 Å². The van der Waals surface area contributed by atoms with Gasteiger partial charge < -0.3 is 4.74 Å². The van der Waals surface area contributed by atoms with Crippen LogP contribution in [0.1, 0.15) is 0 Å². The Morgan fingerprint density at radius 2 is 1.92 bits per heavy atom. The molecule has 24 heavy (non-hydrogen) atoms. The minimum absolute atomic E-state index is 0.190. The standard InChI is InChI=1S/C15H11F2N3O3S/c1-23-13-5-4-10(9-19-13)24(21,22)20-8-6-12(16)14(20)11-3-2-7-18-15(11)17/h2-9H,1H3. The molecule has 3 aromatic heterocycles. The predicted molar refractivity (Wildman–Crippen MR) is 81.0 cm³/mol. The lowest BCUT2D eigenvalue weighted by molar-refractivity contribution is 0.397. The van der Waals surface area contributed by atoms with E-state index in [1.54, 1.807) is 0 Å². The molecule has 3 rings (SSSR count). The van der Waals surface area contributed by atoms with Crippen LogP contribution in [0.3, 0.4) is 0 Å². The van der Waals surface area contributed by atoms with Crippen LogP contribution in [0.2, 0.25) is 0 Å². The predicted octanol–water partition coefficient (Wildman–Crippen LogP) is 2.47. The maximum Gasteiger partial charge on any atom is 0.269 e. The fourth-order valence-corrected chi connectivity index (χ4v) is 3.46. The molecule has 0 aliphatic heterocycles. The van der Waals surface area contributed by atoms with Gasteiger partial charge in [-0.05, 0) is 24.3 Å². The molecule has 0 bridgehead atoms. The van der Waals surface area contributed by atoms with Crippen molar-refractivity contribution in [1.29, 1.82) is 0 Å². The van der Waals surface area contributed by atoms with Crippen LogP contribution in [0.5, 0.6) is 5.88 Å². The van der Waals surface area contributed by atoms with Gasteiger partial charge in [0.1, 0.15) is 16.4 Å². The molecule has 0 amide bonds. The summed E-state index contributed by atoms with van der Waals surface area (Å²) in [4.78, 5) is 7.05. The summed E-state index contributed by atoms with van der Waals surface area (Å²) in [7, 11) is -2.78. The third kappa shape index (κ3) is 2.62. The van der Waals surface area contributed by atoms with Gasteiger partial charge in [0.15, 0.2) is 0 Å². The summed E-state index contributed by atoms with van der Waals surface area (Å²) in [5, 5.41) is 0. The normalized spacial score (nSPS) is 11.5. The molecule has 9 heteroatoms. The number of nitrogens with zero attached hydrogens (tertiary/aromatic N) is 3. The summed E-state index contributed by atoms with van der Waals surface area (Å²) in [6.45, 7) is 0.